The maximum Gasteiger partial charge on any atom is 0.292 e. The minimum atomic E-state index is -0.408. The van der Waals surface area contributed by atoms with Gasteiger partial charge in [-0.2, -0.15) is 9.36 Å². The zero-order chi connectivity index (χ0) is 11.7. The van der Waals surface area contributed by atoms with Gasteiger partial charge in [0.1, 0.15) is 5.00 Å². The maximum absolute atomic E-state index is 11.2. The van der Waals surface area contributed by atoms with Crippen LogP contribution in [-0.4, -0.2) is 27.5 Å². The molecule has 84 valence electrons. The van der Waals surface area contributed by atoms with Crippen molar-refractivity contribution >= 4 is 22.4 Å². The number of rotatable bonds is 2. The van der Waals surface area contributed by atoms with E-state index in [1.807, 2.05) is 0 Å². The van der Waals surface area contributed by atoms with Crippen LogP contribution in [0.3, 0.4) is 0 Å². The van der Waals surface area contributed by atoms with Crippen molar-refractivity contribution in [2.75, 3.05) is 12.8 Å². The lowest BCUT2D eigenvalue weighted by molar-refractivity contribution is 0.0950. The molecule has 0 unspecified atom stereocenters. The summed E-state index contributed by atoms with van der Waals surface area (Å²) < 4.78 is 9.01. The van der Waals surface area contributed by atoms with Gasteiger partial charge in [0.2, 0.25) is 0 Å². The van der Waals surface area contributed by atoms with Crippen LogP contribution in [0, 0.1) is 6.92 Å². The van der Waals surface area contributed by atoms with Crippen LogP contribution in [0.15, 0.2) is 4.52 Å². The van der Waals surface area contributed by atoms with Gasteiger partial charge in [-0.25, -0.2) is 0 Å². The Labute approximate surface area is 94.8 Å². The molecule has 0 aliphatic rings. The van der Waals surface area contributed by atoms with E-state index in [2.05, 4.69) is 19.8 Å². The van der Waals surface area contributed by atoms with E-state index in [1.165, 1.54) is 7.05 Å². The molecule has 0 aliphatic carbocycles. The number of hydrogen-bond donors (Lipinski definition) is 2. The normalized spacial score (nSPS) is 10.4. The molecule has 0 aromatic carbocycles. The van der Waals surface area contributed by atoms with Crippen LogP contribution in [0.2, 0.25) is 0 Å². The molecule has 2 rings (SSSR count). The number of nitrogen functional groups attached to an aromatic ring is 1. The summed E-state index contributed by atoms with van der Waals surface area (Å²) in [6.45, 7) is 1.78. The molecule has 0 spiro atoms. The third-order valence-electron chi connectivity index (χ3n) is 1.96. The average Bonchev–Trinajstić information content (AvgIpc) is 2.85. The summed E-state index contributed by atoms with van der Waals surface area (Å²) in [5.74, 6) is -0.223. The molecule has 0 radical (unpaired) electrons. The van der Waals surface area contributed by atoms with E-state index < -0.39 is 5.91 Å². The van der Waals surface area contributed by atoms with E-state index in [0.717, 1.165) is 11.5 Å². The van der Waals surface area contributed by atoms with Crippen LogP contribution in [0.4, 0.5) is 5.00 Å². The van der Waals surface area contributed by atoms with Gasteiger partial charge >= 0.3 is 0 Å². The minimum Gasteiger partial charge on any atom is -0.389 e. The summed E-state index contributed by atoms with van der Waals surface area (Å²) in [4.78, 5) is 15.2. The molecule has 2 aromatic heterocycles. The molecule has 0 atom stereocenters. The molecule has 0 saturated heterocycles. The third kappa shape index (κ3) is 1.63. The average molecular weight is 239 g/mol. The highest BCUT2D eigenvalue weighted by atomic mass is 32.1. The lowest BCUT2D eigenvalue weighted by Gasteiger charge is -1.91. The Bertz CT molecular complexity index is 513. The summed E-state index contributed by atoms with van der Waals surface area (Å²) in [6, 6.07) is 0. The molecular weight excluding hydrogens is 230 g/mol. The fraction of sp³-hybridized carbons (Fsp3) is 0.250. The van der Waals surface area contributed by atoms with Crippen LogP contribution in [0.25, 0.3) is 11.5 Å². The molecule has 16 heavy (non-hydrogen) atoms. The van der Waals surface area contributed by atoms with E-state index in [9.17, 15) is 4.79 Å². The van der Waals surface area contributed by atoms with Crippen molar-refractivity contribution in [1.29, 1.82) is 0 Å². The second kappa shape index (κ2) is 3.89. The predicted molar refractivity (Wildman–Crippen MR) is 57.9 cm³/mol. The molecule has 0 aliphatic heterocycles. The summed E-state index contributed by atoms with van der Waals surface area (Å²) in [6.07, 6.45) is 0. The number of carbonyl (C=O) groups excluding carboxylic acids is 1. The van der Waals surface area contributed by atoms with Gasteiger partial charge < -0.3 is 15.6 Å². The van der Waals surface area contributed by atoms with E-state index in [1.54, 1.807) is 6.92 Å². The van der Waals surface area contributed by atoms with Gasteiger partial charge in [-0.3, -0.25) is 4.79 Å². The number of nitrogens with two attached hydrogens (primary N) is 1. The molecule has 1 amide bonds. The number of aromatic nitrogens is 3. The largest absolute Gasteiger partial charge is 0.389 e. The summed E-state index contributed by atoms with van der Waals surface area (Å²) in [5, 5.41) is 6.44. The molecule has 8 heteroatoms. The monoisotopic (exact) mass is 239 g/mol. The molecular formula is C8H9N5O2S. The smallest absolute Gasteiger partial charge is 0.292 e. The van der Waals surface area contributed by atoms with Crippen molar-refractivity contribution in [3.8, 4) is 11.5 Å². The van der Waals surface area contributed by atoms with Crippen LogP contribution in [0.1, 0.15) is 16.3 Å². The van der Waals surface area contributed by atoms with Crippen molar-refractivity contribution in [1.82, 2.24) is 19.8 Å². The van der Waals surface area contributed by atoms with E-state index >= 15 is 0 Å². The fourth-order valence-electron chi connectivity index (χ4n) is 1.18. The Morgan fingerprint density at radius 1 is 1.56 bits per heavy atom. The van der Waals surface area contributed by atoms with Gasteiger partial charge in [0.15, 0.2) is 0 Å². The van der Waals surface area contributed by atoms with Gasteiger partial charge in [0, 0.05) is 7.05 Å². The molecule has 2 aromatic rings. The van der Waals surface area contributed by atoms with E-state index in [-0.39, 0.29) is 11.7 Å². The van der Waals surface area contributed by atoms with Crippen molar-refractivity contribution in [2.45, 2.75) is 6.92 Å². The lowest BCUT2D eigenvalue weighted by Crippen LogP contribution is -2.19. The topological polar surface area (TPSA) is 107 Å². The van der Waals surface area contributed by atoms with Gasteiger partial charge in [-0.05, 0) is 18.5 Å². The standard InChI is InChI=1S/C8H9N5O2S/c1-3-4(5(9)16-13-3)8-11-6(12-15-8)7(14)10-2/h9H2,1-2H3,(H,10,14). The zero-order valence-electron chi connectivity index (χ0n) is 8.64. The molecule has 0 fully saturated rings. The van der Waals surface area contributed by atoms with Gasteiger partial charge in [-0.1, -0.05) is 5.16 Å². The van der Waals surface area contributed by atoms with Crippen LogP contribution >= 0.6 is 11.5 Å². The number of nitrogens with zero attached hydrogens (tertiary/aromatic N) is 3. The first-order chi connectivity index (χ1) is 7.63. The van der Waals surface area contributed by atoms with Crippen LogP contribution < -0.4 is 11.1 Å². The Balaban J connectivity index is 2.43. The highest BCUT2D eigenvalue weighted by Crippen LogP contribution is 2.30. The predicted octanol–water partition coefficient (Wildman–Crippen LogP) is 0.443. The first kappa shape index (κ1) is 10.6. The molecule has 0 saturated carbocycles. The number of amides is 1. The first-order valence-corrected chi connectivity index (χ1v) is 5.18. The van der Waals surface area contributed by atoms with E-state index in [4.69, 9.17) is 10.3 Å². The van der Waals surface area contributed by atoms with Gasteiger partial charge in [0.05, 0.1) is 11.3 Å². The first-order valence-electron chi connectivity index (χ1n) is 4.41. The van der Waals surface area contributed by atoms with Crippen molar-refractivity contribution in [3.63, 3.8) is 0 Å². The summed E-state index contributed by atoms with van der Waals surface area (Å²) >= 11 is 1.15. The maximum atomic E-state index is 11.2. The highest BCUT2D eigenvalue weighted by molar-refractivity contribution is 7.10. The third-order valence-corrected chi connectivity index (χ3v) is 2.73. The lowest BCUT2D eigenvalue weighted by atomic mass is 10.2. The van der Waals surface area contributed by atoms with Gasteiger partial charge in [-0.15, -0.1) is 0 Å². The quantitative estimate of drug-likeness (QED) is 0.787. The SMILES string of the molecule is CNC(=O)c1noc(-c2c(C)nsc2N)n1. The van der Waals surface area contributed by atoms with Crippen molar-refractivity contribution in [2.24, 2.45) is 0 Å². The van der Waals surface area contributed by atoms with Crippen molar-refractivity contribution < 1.29 is 9.32 Å². The number of nitrogens with one attached hydrogen (secondary N) is 1. The minimum absolute atomic E-state index is 0.0255. The number of anilines is 1. The van der Waals surface area contributed by atoms with Crippen LogP contribution in [-0.2, 0) is 0 Å². The summed E-state index contributed by atoms with van der Waals surface area (Å²) in [5.41, 5.74) is 7.01. The van der Waals surface area contributed by atoms with E-state index in [0.29, 0.717) is 16.3 Å². The summed E-state index contributed by atoms with van der Waals surface area (Å²) in [7, 11) is 1.49. The molecule has 3 N–H and O–H groups in total. The molecule has 0 bridgehead atoms. The Morgan fingerprint density at radius 3 is 2.88 bits per heavy atom. The zero-order valence-corrected chi connectivity index (χ0v) is 9.46. The molecule has 7 nitrogen and oxygen atoms in total. The highest BCUT2D eigenvalue weighted by Gasteiger charge is 2.19. The second-order valence-electron chi connectivity index (χ2n) is 3.01. The number of carbonyl (C=O) groups is 1. The molecule has 2 heterocycles. The fourth-order valence-corrected chi connectivity index (χ4v) is 1.83. The second-order valence-corrected chi connectivity index (χ2v) is 3.81. The Hall–Kier alpha value is -1.96. The number of aryl methyl sites for hydroxylation is 1. The van der Waals surface area contributed by atoms with Gasteiger partial charge in [0.25, 0.3) is 17.6 Å². The van der Waals surface area contributed by atoms with Crippen LogP contribution in [0.5, 0.6) is 0 Å². The Morgan fingerprint density at radius 2 is 2.31 bits per heavy atom. The van der Waals surface area contributed by atoms with Crippen molar-refractivity contribution in [3.05, 3.63) is 11.5 Å². The Kier molecular flexibility index (Phi) is 2.57. The number of hydrogen-bond acceptors (Lipinski definition) is 7.